The molecular weight excluding hydrogens is 677 g/mol. The Morgan fingerprint density at radius 1 is 0.327 bits per heavy atom. The molecule has 10 aromatic rings. The first-order chi connectivity index (χ1) is 27.2. The SMILES string of the molecule is Fc1cccc(-c2c(-c3cccc(F)c3)n(-c3ccc4c5c(cccc35)-c3c-4c(-c4ccccc4)c4ccccc4c3-c3ccccc3)c3ccccc23)c1. The Morgan fingerprint density at radius 3 is 1.45 bits per heavy atom. The first-order valence-corrected chi connectivity index (χ1v) is 18.6. The number of hydrogen-bond donors (Lipinski definition) is 0. The number of hydrogen-bond acceptors (Lipinski definition) is 0. The Labute approximate surface area is 317 Å². The van der Waals surface area contributed by atoms with Crippen LogP contribution in [0.3, 0.4) is 0 Å². The third-order valence-electron chi connectivity index (χ3n) is 11.2. The summed E-state index contributed by atoms with van der Waals surface area (Å²) in [5.74, 6) is -0.650. The molecule has 0 saturated heterocycles. The van der Waals surface area contributed by atoms with Crippen molar-refractivity contribution < 1.29 is 8.78 Å². The van der Waals surface area contributed by atoms with E-state index in [1.807, 2.05) is 24.3 Å². The van der Waals surface area contributed by atoms with Gasteiger partial charge >= 0.3 is 0 Å². The van der Waals surface area contributed by atoms with Gasteiger partial charge in [-0.3, -0.25) is 0 Å². The molecule has 1 nitrogen and oxygen atoms in total. The van der Waals surface area contributed by atoms with E-state index in [2.05, 4.69) is 132 Å². The lowest BCUT2D eigenvalue weighted by atomic mass is 9.82. The first-order valence-electron chi connectivity index (χ1n) is 18.6. The summed E-state index contributed by atoms with van der Waals surface area (Å²) in [6.45, 7) is 0. The number of rotatable bonds is 5. The van der Waals surface area contributed by atoms with E-state index in [1.54, 1.807) is 24.3 Å². The number of benzene rings is 9. The Bertz CT molecular complexity index is 3070. The molecule has 55 heavy (non-hydrogen) atoms. The van der Waals surface area contributed by atoms with E-state index in [0.717, 1.165) is 38.8 Å². The largest absolute Gasteiger partial charge is 0.308 e. The minimum absolute atomic E-state index is 0.321. The number of halogens is 2. The van der Waals surface area contributed by atoms with Crippen LogP contribution >= 0.6 is 0 Å². The molecule has 0 N–H and O–H groups in total. The molecule has 0 bridgehead atoms. The smallest absolute Gasteiger partial charge is 0.123 e. The first kappa shape index (κ1) is 31.4. The maximum absolute atomic E-state index is 15.2. The zero-order valence-electron chi connectivity index (χ0n) is 29.6. The van der Waals surface area contributed by atoms with Crippen LogP contribution in [0, 0.1) is 11.6 Å². The fourth-order valence-corrected chi connectivity index (χ4v) is 9.12. The van der Waals surface area contributed by atoms with Crippen LogP contribution < -0.4 is 0 Å². The van der Waals surface area contributed by atoms with Crippen molar-refractivity contribution >= 4 is 32.4 Å². The van der Waals surface area contributed by atoms with Crippen molar-refractivity contribution in [3.8, 4) is 72.6 Å². The van der Waals surface area contributed by atoms with E-state index in [4.69, 9.17) is 0 Å². The molecule has 0 radical (unpaired) electrons. The molecule has 1 aliphatic rings. The van der Waals surface area contributed by atoms with Crippen molar-refractivity contribution in [3.05, 3.63) is 200 Å². The second-order valence-electron chi connectivity index (χ2n) is 14.2. The van der Waals surface area contributed by atoms with E-state index >= 15 is 4.39 Å². The summed E-state index contributed by atoms with van der Waals surface area (Å²) in [7, 11) is 0. The zero-order chi connectivity index (χ0) is 36.6. The van der Waals surface area contributed by atoms with Gasteiger partial charge in [0.05, 0.1) is 16.9 Å². The molecule has 0 fully saturated rings. The monoisotopic (exact) mass is 707 g/mol. The van der Waals surface area contributed by atoms with Gasteiger partial charge in [-0.15, -0.1) is 0 Å². The molecule has 1 aromatic heterocycles. The maximum atomic E-state index is 15.2. The Morgan fingerprint density at radius 2 is 0.818 bits per heavy atom. The van der Waals surface area contributed by atoms with E-state index < -0.39 is 0 Å². The lowest BCUT2D eigenvalue weighted by Crippen LogP contribution is -1.99. The summed E-state index contributed by atoms with van der Waals surface area (Å²) in [4.78, 5) is 0. The second-order valence-corrected chi connectivity index (χ2v) is 14.2. The number of para-hydroxylation sites is 1. The molecular formula is C52H31F2N. The van der Waals surface area contributed by atoms with Gasteiger partial charge < -0.3 is 4.57 Å². The number of aromatic nitrogens is 1. The van der Waals surface area contributed by atoms with Crippen LogP contribution in [0.2, 0.25) is 0 Å². The highest BCUT2D eigenvalue weighted by Gasteiger charge is 2.32. The third kappa shape index (κ3) is 4.70. The predicted molar refractivity (Wildman–Crippen MR) is 224 cm³/mol. The Hall–Kier alpha value is -7.10. The highest BCUT2D eigenvalue weighted by Crippen LogP contribution is 2.58. The summed E-state index contributed by atoms with van der Waals surface area (Å²) in [5, 5.41) is 5.64. The van der Waals surface area contributed by atoms with Gasteiger partial charge in [-0.25, -0.2) is 8.78 Å². The quantitative estimate of drug-likeness (QED) is 0.168. The molecule has 0 amide bonds. The van der Waals surface area contributed by atoms with Crippen LogP contribution in [-0.2, 0) is 0 Å². The summed E-state index contributed by atoms with van der Waals surface area (Å²) >= 11 is 0. The van der Waals surface area contributed by atoms with Crippen molar-refractivity contribution in [2.45, 2.75) is 0 Å². The fourth-order valence-electron chi connectivity index (χ4n) is 9.12. The Balaban J connectivity index is 1.29. The summed E-state index contributed by atoms with van der Waals surface area (Å²) in [6.07, 6.45) is 0. The maximum Gasteiger partial charge on any atom is 0.123 e. The minimum atomic E-state index is -0.329. The van der Waals surface area contributed by atoms with Gasteiger partial charge in [-0.05, 0) is 103 Å². The van der Waals surface area contributed by atoms with Crippen LogP contribution in [-0.4, -0.2) is 4.57 Å². The van der Waals surface area contributed by atoms with E-state index in [1.165, 1.54) is 72.8 Å². The van der Waals surface area contributed by atoms with Crippen LogP contribution in [0.15, 0.2) is 188 Å². The van der Waals surface area contributed by atoms with Crippen molar-refractivity contribution in [3.63, 3.8) is 0 Å². The van der Waals surface area contributed by atoms with E-state index in [0.29, 0.717) is 5.56 Å². The average Bonchev–Trinajstić information content (AvgIpc) is 3.75. The molecule has 1 aliphatic carbocycles. The van der Waals surface area contributed by atoms with Crippen molar-refractivity contribution in [1.29, 1.82) is 0 Å². The highest BCUT2D eigenvalue weighted by molar-refractivity contribution is 6.28. The van der Waals surface area contributed by atoms with Crippen LogP contribution in [0.5, 0.6) is 0 Å². The lowest BCUT2D eigenvalue weighted by Gasteiger charge is -2.20. The Kier molecular flexibility index (Phi) is 6.99. The molecule has 0 unspecified atom stereocenters. The lowest BCUT2D eigenvalue weighted by molar-refractivity contribution is 0.627. The summed E-state index contributed by atoms with van der Waals surface area (Å²) < 4.78 is 32.4. The van der Waals surface area contributed by atoms with Crippen LogP contribution in [0.4, 0.5) is 8.78 Å². The minimum Gasteiger partial charge on any atom is -0.308 e. The average molecular weight is 708 g/mol. The second kappa shape index (κ2) is 12.2. The molecule has 0 aliphatic heterocycles. The molecule has 11 rings (SSSR count). The molecule has 0 atom stereocenters. The predicted octanol–water partition coefficient (Wildman–Crippen LogP) is 14.5. The number of fused-ring (bicyclic) bond motifs is 5. The normalized spacial score (nSPS) is 11.8. The topological polar surface area (TPSA) is 4.93 Å². The summed E-state index contributed by atoms with van der Waals surface area (Å²) in [6, 6.07) is 63.0. The molecule has 0 spiro atoms. The third-order valence-corrected chi connectivity index (χ3v) is 11.2. The molecule has 0 saturated carbocycles. The molecule has 3 heteroatoms. The van der Waals surface area contributed by atoms with E-state index in [9.17, 15) is 4.39 Å². The fraction of sp³-hybridized carbons (Fsp3) is 0. The van der Waals surface area contributed by atoms with Crippen molar-refractivity contribution in [2.24, 2.45) is 0 Å². The van der Waals surface area contributed by atoms with Crippen molar-refractivity contribution in [1.82, 2.24) is 4.57 Å². The summed E-state index contributed by atoms with van der Waals surface area (Å²) in [5.41, 5.74) is 14.6. The van der Waals surface area contributed by atoms with Gasteiger partial charge in [-0.2, -0.15) is 0 Å². The molecule has 258 valence electrons. The van der Waals surface area contributed by atoms with Gasteiger partial charge in [-0.1, -0.05) is 152 Å². The number of nitrogens with zero attached hydrogens (tertiary/aromatic N) is 1. The molecule has 9 aromatic carbocycles. The van der Waals surface area contributed by atoms with Gasteiger partial charge in [0.15, 0.2) is 0 Å². The standard InChI is InChI=1S/C52H31F2N/c53-36-20-11-18-34(30-36)48-40-24-9-10-27-44(40)55(52(48)35-19-12-21-37(54)31-35)45-29-28-43-49-41(45)25-13-26-42(49)50-46(32-14-3-1-4-15-32)38-22-7-8-23-39(38)47(51(43)50)33-16-5-2-6-17-33/h1-31H. The van der Waals surface area contributed by atoms with Gasteiger partial charge in [0, 0.05) is 21.9 Å². The zero-order valence-corrected chi connectivity index (χ0v) is 29.6. The van der Waals surface area contributed by atoms with Gasteiger partial charge in [0.25, 0.3) is 0 Å². The van der Waals surface area contributed by atoms with Gasteiger partial charge in [0.1, 0.15) is 11.6 Å². The van der Waals surface area contributed by atoms with Gasteiger partial charge in [0.2, 0.25) is 0 Å². The van der Waals surface area contributed by atoms with E-state index in [-0.39, 0.29) is 11.6 Å². The van der Waals surface area contributed by atoms with Crippen LogP contribution in [0.25, 0.3) is 105 Å². The van der Waals surface area contributed by atoms with Crippen LogP contribution in [0.1, 0.15) is 0 Å². The molecule has 1 heterocycles. The highest BCUT2D eigenvalue weighted by atomic mass is 19.1. The van der Waals surface area contributed by atoms with Crippen molar-refractivity contribution in [2.75, 3.05) is 0 Å².